The maximum absolute atomic E-state index is 12.4. The third-order valence-corrected chi connectivity index (χ3v) is 6.13. The SMILES string of the molecule is Cc1cc(NC(=O)CSc2nnc(C)n2C2CCCCC2)c([N+](=O)[O-])cc1C. The first kappa shape index (κ1) is 20.3. The number of carbonyl (C=O) groups excluding carboxylic acids is 1. The molecule has 9 heteroatoms. The Morgan fingerprint density at radius 2 is 1.89 bits per heavy atom. The fourth-order valence-electron chi connectivity index (χ4n) is 3.58. The van der Waals surface area contributed by atoms with Crippen molar-refractivity contribution in [3.8, 4) is 0 Å². The maximum atomic E-state index is 12.4. The number of carbonyl (C=O) groups is 1. The highest BCUT2D eigenvalue weighted by Gasteiger charge is 2.22. The quantitative estimate of drug-likeness (QED) is 0.437. The van der Waals surface area contributed by atoms with Crippen molar-refractivity contribution in [3.05, 3.63) is 39.2 Å². The summed E-state index contributed by atoms with van der Waals surface area (Å²) in [6.45, 7) is 5.60. The van der Waals surface area contributed by atoms with Gasteiger partial charge >= 0.3 is 0 Å². The molecule has 150 valence electrons. The summed E-state index contributed by atoms with van der Waals surface area (Å²) in [5.41, 5.74) is 1.84. The number of hydrogen-bond donors (Lipinski definition) is 1. The predicted molar refractivity (Wildman–Crippen MR) is 109 cm³/mol. The summed E-state index contributed by atoms with van der Waals surface area (Å²) in [6.07, 6.45) is 5.87. The van der Waals surface area contributed by atoms with Gasteiger partial charge in [-0.25, -0.2) is 0 Å². The number of amides is 1. The van der Waals surface area contributed by atoms with E-state index in [-0.39, 0.29) is 23.0 Å². The largest absolute Gasteiger partial charge is 0.320 e. The van der Waals surface area contributed by atoms with Gasteiger partial charge in [0.1, 0.15) is 11.5 Å². The molecule has 0 unspecified atom stereocenters. The van der Waals surface area contributed by atoms with E-state index in [0.29, 0.717) is 6.04 Å². The smallest absolute Gasteiger partial charge is 0.293 e. The zero-order valence-electron chi connectivity index (χ0n) is 16.4. The molecule has 28 heavy (non-hydrogen) atoms. The van der Waals surface area contributed by atoms with Gasteiger partial charge in [0.15, 0.2) is 5.16 Å². The lowest BCUT2D eigenvalue weighted by atomic mass is 9.95. The monoisotopic (exact) mass is 403 g/mol. The molecule has 8 nitrogen and oxygen atoms in total. The highest BCUT2D eigenvalue weighted by molar-refractivity contribution is 7.99. The summed E-state index contributed by atoms with van der Waals surface area (Å²) in [6, 6.07) is 3.52. The van der Waals surface area contributed by atoms with Gasteiger partial charge in [-0.15, -0.1) is 10.2 Å². The van der Waals surface area contributed by atoms with Crippen LogP contribution >= 0.6 is 11.8 Å². The number of nitrogens with one attached hydrogen (secondary N) is 1. The Hall–Kier alpha value is -2.42. The number of nitro groups is 1. The van der Waals surface area contributed by atoms with Crippen LogP contribution in [0.15, 0.2) is 17.3 Å². The second-order valence-electron chi connectivity index (χ2n) is 7.24. The van der Waals surface area contributed by atoms with Crippen LogP contribution in [0.5, 0.6) is 0 Å². The van der Waals surface area contributed by atoms with E-state index < -0.39 is 4.92 Å². The number of benzene rings is 1. The van der Waals surface area contributed by atoms with Crippen molar-refractivity contribution < 1.29 is 9.72 Å². The highest BCUT2D eigenvalue weighted by Crippen LogP contribution is 2.33. The van der Waals surface area contributed by atoms with E-state index in [2.05, 4.69) is 20.1 Å². The molecule has 1 aromatic heterocycles. The number of aromatic nitrogens is 3. The first-order chi connectivity index (χ1) is 13.4. The predicted octanol–water partition coefficient (Wildman–Crippen LogP) is 4.35. The van der Waals surface area contributed by atoms with E-state index in [1.54, 1.807) is 6.07 Å². The summed E-state index contributed by atoms with van der Waals surface area (Å²) in [4.78, 5) is 23.3. The van der Waals surface area contributed by atoms with E-state index >= 15 is 0 Å². The number of nitrogens with zero attached hydrogens (tertiary/aromatic N) is 4. The average molecular weight is 404 g/mol. The van der Waals surface area contributed by atoms with Crippen LogP contribution in [0.2, 0.25) is 0 Å². The Bertz CT molecular complexity index is 890. The number of thioether (sulfide) groups is 1. The topological polar surface area (TPSA) is 103 Å². The van der Waals surface area contributed by atoms with E-state index in [0.717, 1.165) is 34.9 Å². The third-order valence-electron chi connectivity index (χ3n) is 5.19. The maximum Gasteiger partial charge on any atom is 0.293 e. The molecule has 1 aliphatic carbocycles. The molecule has 0 atom stereocenters. The Morgan fingerprint density at radius 3 is 2.57 bits per heavy atom. The van der Waals surface area contributed by atoms with Gasteiger partial charge in [-0.2, -0.15) is 0 Å². The lowest BCUT2D eigenvalue weighted by molar-refractivity contribution is -0.384. The zero-order chi connectivity index (χ0) is 20.3. The van der Waals surface area contributed by atoms with E-state index in [1.165, 1.54) is 37.1 Å². The van der Waals surface area contributed by atoms with Crippen molar-refractivity contribution in [2.75, 3.05) is 11.1 Å². The summed E-state index contributed by atoms with van der Waals surface area (Å²) >= 11 is 1.32. The average Bonchev–Trinajstić information content (AvgIpc) is 3.04. The Kier molecular flexibility index (Phi) is 6.33. The molecule has 1 aliphatic rings. The summed E-state index contributed by atoms with van der Waals surface area (Å²) < 4.78 is 2.13. The summed E-state index contributed by atoms with van der Waals surface area (Å²) in [5, 5.41) is 23.1. The molecular formula is C19H25N5O3S. The number of hydrogen-bond acceptors (Lipinski definition) is 6. The minimum Gasteiger partial charge on any atom is -0.320 e. The van der Waals surface area contributed by atoms with E-state index in [4.69, 9.17) is 0 Å². The van der Waals surface area contributed by atoms with Crippen molar-refractivity contribution in [1.29, 1.82) is 0 Å². The van der Waals surface area contributed by atoms with Crippen molar-refractivity contribution in [3.63, 3.8) is 0 Å². The van der Waals surface area contributed by atoms with Gasteiger partial charge in [0.25, 0.3) is 5.69 Å². The fourth-order valence-corrected chi connectivity index (χ4v) is 4.43. The second kappa shape index (κ2) is 8.72. The van der Waals surface area contributed by atoms with Gasteiger partial charge < -0.3 is 9.88 Å². The second-order valence-corrected chi connectivity index (χ2v) is 8.18. The van der Waals surface area contributed by atoms with Gasteiger partial charge in [-0.05, 0) is 50.8 Å². The standard InChI is InChI=1S/C19H25N5O3S/c1-12-9-16(17(24(26)27)10-13(12)2)20-18(25)11-28-19-22-21-14(3)23(19)15-7-5-4-6-8-15/h9-10,15H,4-8,11H2,1-3H3,(H,20,25). The van der Waals surface area contributed by atoms with Gasteiger partial charge in [-0.1, -0.05) is 31.0 Å². The van der Waals surface area contributed by atoms with E-state index in [9.17, 15) is 14.9 Å². The third kappa shape index (κ3) is 4.52. The molecule has 0 saturated heterocycles. The molecule has 1 fully saturated rings. The Balaban J connectivity index is 1.69. The molecule has 0 radical (unpaired) electrons. The van der Waals surface area contributed by atoms with Crippen molar-refractivity contribution in [1.82, 2.24) is 14.8 Å². The molecule has 0 spiro atoms. The number of rotatable bonds is 6. The first-order valence-corrected chi connectivity index (χ1v) is 10.4. The molecule has 3 rings (SSSR count). The van der Waals surface area contributed by atoms with Gasteiger partial charge in [0.2, 0.25) is 5.91 Å². The Morgan fingerprint density at radius 1 is 1.21 bits per heavy atom. The molecule has 0 bridgehead atoms. The van der Waals surface area contributed by atoms with Crippen molar-refractivity contribution in [2.45, 2.75) is 64.1 Å². The highest BCUT2D eigenvalue weighted by atomic mass is 32.2. The van der Waals surface area contributed by atoms with Crippen LogP contribution in [-0.2, 0) is 4.79 Å². The van der Waals surface area contributed by atoms with Crippen molar-refractivity contribution in [2.24, 2.45) is 0 Å². The van der Waals surface area contributed by atoms with Gasteiger partial charge in [0.05, 0.1) is 10.7 Å². The van der Waals surface area contributed by atoms with Crippen molar-refractivity contribution >= 4 is 29.0 Å². The fraction of sp³-hybridized carbons (Fsp3) is 0.526. The van der Waals surface area contributed by atoms with Crippen LogP contribution in [0.3, 0.4) is 0 Å². The zero-order valence-corrected chi connectivity index (χ0v) is 17.2. The van der Waals surface area contributed by atoms with Crippen LogP contribution in [0.1, 0.15) is 55.1 Å². The first-order valence-electron chi connectivity index (χ1n) is 9.46. The molecular weight excluding hydrogens is 378 g/mol. The number of anilines is 1. The van der Waals surface area contributed by atoms with Crippen LogP contribution < -0.4 is 5.32 Å². The molecule has 1 aromatic carbocycles. The van der Waals surface area contributed by atoms with Gasteiger partial charge in [0, 0.05) is 12.1 Å². The van der Waals surface area contributed by atoms with Crippen LogP contribution in [0, 0.1) is 30.9 Å². The van der Waals surface area contributed by atoms with Crippen LogP contribution in [0.4, 0.5) is 11.4 Å². The number of nitro benzene ring substituents is 1. The molecule has 2 aromatic rings. The molecule has 1 amide bonds. The molecule has 1 N–H and O–H groups in total. The minimum absolute atomic E-state index is 0.0948. The minimum atomic E-state index is -0.474. The molecule has 1 saturated carbocycles. The lowest BCUT2D eigenvalue weighted by Crippen LogP contribution is -2.18. The lowest BCUT2D eigenvalue weighted by Gasteiger charge is -2.24. The summed E-state index contributed by atoms with van der Waals surface area (Å²) in [7, 11) is 0. The van der Waals surface area contributed by atoms with E-state index in [1.807, 2.05) is 20.8 Å². The summed E-state index contributed by atoms with van der Waals surface area (Å²) in [5.74, 6) is 0.682. The number of aryl methyl sites for hydroxylation is 3. The van der Waals surface area contributed by atoms with Gasteiger partial charge in [-0.3, -0.25) is 14.9 Å². The molecule has 0 aliphatic heterocycles. The molecule has 1 heterocycles. The van der Waals surface area contributed by atoms with Crippen LogP contribution in [-0.4, -0.2) is 31.3 Å². The Labute approximate surface area is 168 Å². The normalized spacial score (nSPS) is 14.8. The van der Waals surface area contributed by atoms with Crippen LogP contribution in [0.25, 0.3) is 0 Å².